The Morgan fingerprint density at radius 1 is 1.19 bits per heavy atom. The SMILES string of the molecule is CCCn1nc(C(=O)OCC(=O)Nc2ccc3c(c2)OCCO3)ccc1=O. The van der Waals surface area contributed by atoms with Gasteiger partial charge in [-0.1, -0.05) is 6.92 Å². The highest BCUT2D eigenvalue weighted by atomic mass is 16.6. The number of carbonyl (C=O) groups is 2. The maximum Gasteiger partial charge on any atom is 0.359 e. The summed E-state index contributed by atoms with van der Waals surface area (Å²) >= 11 is 0. The molecule has 1 aromatic carbocycles. The molecule has 0 aliphatic carbocycles. The van der Waals surface area contributed by atoms with Crippen molar-refractivity contribution in [1.29, 1.82) is 0 Å². The van der Waals surface area contributed by atoms with E-state index < -0.39 is 18.5 Å². The van der Waals surface area contributed by atoms with E-state index in [0.717, 1.165) is 0 Å². The molecule has 0 radical (unpaired) electrons. The van der Waals surface area contributed by atoms with E-state index >= 15 is 0 Å². The predicted molar refractivity (Wildman–Crippen MR) is 95.1 cm³/mol. The van der Waals surface area contributed by atoms with Crippen LogP contribution in [0.3, 0.4) is 0 Å². The van der Waals surface area contributed by atoms with Gasteiger partial charge in [0.1, 0.15) is 13.2 Å². The van der Waals surface area contributed by atoms with Crippen molar-refractivity contribution < 1.29 is 23.8 Å². The Labute approximate surface area is 154 Å². The summed E-state index contributed by atoms with van der Waals surface area (Å²) in [5.74, 6) is -0.142. The highest BCUT2D eigenvalue weighted by Gasteiger charge is 2.15. The number of hydrogen-bond donors (Lipinski definition) is 1. The molecular weight excluding hydrogens is 354 g/mol. The third-order valence-corrected chi connectivity index (χ3v) is 3.67. The van der Waals surface area contributed by atoms with Gasteiger partial charge in [0.2, 0.25) is 0 Å². The number of aryl methyl sites for hydroxylation is 1. The lowest BCUT2D eigenvalue weighted by Crippen LogP contribution is -2.26. The molecule has 0 atom stereocenters. The number of benzene rings is 1. The third-order valence-electron chi connectivity index (χ3n) is 3.67. The summed E-state index contributed by atoms with van der Waals surface area (Å²) < 4.78 is 17.0. The molecule has 9 heteroatoms. The second-order valence-electron chi connectivity index (χ2n) is 5.76. The molecular formula is C18H19N3O6. The van der Waals surface area contributed by atoms with Gasteiger partial charge in [-0.05, 0) is 24.6 Å². The molecule has 3 rings (SSSR count). The van der Waals surface area contributed by atoms with Crippen molar-refractivity contribution in [3.05, 3.63) is 46.4 Å². The number of amides is 1. The summed E-state index contributed by atoms with van der Waals surface area (Å²) in [6, 6.07) is 7.51. The van der Waals surface area contributed by atoms with Crippen molar-refractivity contribution in [2.45, 2.75) is 19.9 Å². The van der Waals surface area contributed by atoms with Crippen LogP contribution in [0.2, 0.25) is 0 Å². The van der Waals surface area contributed by atoms with E-state index in [1.807, 2.05) is 6.92 Å². The second kappa shape index (κ2) is 8.35. The van der Waals surface area contributed by atoms with Crippen LogP contribution in [0.1, 0.15) is 23.8 Å². The first-order valence-electron chi connectivity index (χ1n) is 8.51. The van der Waals surface area contributed by atoms with Crippen LogP contribution >= 0.6 is 0 Å². The Morgan fingerprint density at radius 3 is 2.74 bits per heavy atom. The number of ether oxygens (including phenoxy) is 3. The molecule has 1 aliphatic heterocycles. The van der Waals surface area contributed by atoms with E-state index in [2.05, 4.69) is 10.4 Å². The molecule has 1 amide bonds. The zero-order valence-electron chi connectivity index (χ0n) is 14.8. The molecule has 1 N–H and O–H groups in total. The summed E-state index contributed by atoms with van der Waals surface area (Å²) in [4.78, 5) is 35.7. The number of esters is 1. The van der Waals surface area contributed by atoms with E-state index in [-0.39, 0.29) is 11.3 Å². The standard InChI is InChI=1S/C18H19N3O6/c1-2-7-21-17(23)6-4-13(20-21)18(24)27-11-16(22)19-12-3-5-14-15(10-12)26-9-8-25-14/h3-6,10H,2,7-9,11H2,1H3,(H,19,22). The second-order valence-corrected chi connectivity index (χ2v) is 5.76. The number of anilines is 1. The number of fused-ring (bicyclic) bond motifs is 1. The lowest BCUT2D eigenvalue weighted by atomic mass is 10.2. The normalized spacial score (nSPS) is 12.3. The van der Waals surface area contributed by atoms with E-state index in [4.69, 9.17) is 14.2 Å². The van der Waals surface area contributed by atoms with Gasteiger partial charge in [0.15, 0.2) is 23.8 Å². The molecule has 27 heavy (non-hydrogen) atoms. The van der Waals surface area contributed by atoms with Crippen LogP contribution in [-0.2, 0) is 16.1 Å². The van der Waals surface area contributed by atoms with Gasteiger partial charge in [-0.2, -0.15) is 5.10 Å². The van der Waals surface area contributed by atoms with Crippen LogP contribution in [0.25, 0.3) is 0 Å². The van der Waals surface area contributed by atoms with Gasteiger partial charge in [0.25, 0.3) is 11.5 Å². The van der Waals surface area contributed by atoms with E-state index in [1.165, 1.54) is 16.8 Å². The van der Waals surface area contributed by atoms with Gasteiger partial charge in [-0.15, -0.1) is 0 Å². The first kappa shape index (κ1) is 18.4. The molecule has 2 heterocycles. The van der Waals surface area contributed by atoms with Crippen molar-refractivity contribution in [2.75, 3.05) is 25.1 Å². The largest absolute Gasteiger partial charge is 0.486 e. The highest BCUT2D eigenvalue weighted by molar-refractivity contribution is 5.95. The quantitative estimate of drug-likeness (QED) is 0.758. The molecule has 1 aromatic heterocycles. The smallest absolute Gasteiger partial charge is 0.359 e. The lowest BCUT2D eigenvalue weighted by molar-refractivity contribution is -0.119. The maximum atomic E-state index is 12.0. The van der Waals surface area contributed by atoms with Crippen molar-refractivity contribution in [3.63, 3.8) is 0 Å². The van der Waals surface area contributed by atoms with Crippen LogP contribution in [0.15, 0.2) is 35.1 Å². The highest BCUT2D eigenvalue weighted by Crippen LogP contribution is 2.32. The number of aromatic nitrogens is 2. The Balaban J connectivity index is 1.56. The monoisotopic (exact) mass is 373 g/mol. The van der Waals surface area contributed by atoms with Gasteiger partial charge in [0, 0.05) is 24.4 Å². The van der Waals surface area contributed by atoms with Crippen LogP contribution in [-0.4, -0.2) is 41.5 Å². The Hall–Kier alpha value is -3.36. The average Bonchev–Trinajstić information content (AvgIpc) is 2.68. The summed E-state index contributed by atoms with van der Waals surface area (Å²) in [7, 11) is 0. The molecule has 1 aliphatic rings. The van der Waals surface area contributed by atoms with Crippen molar-refractivity contribution >= 4 is 17.6 Å². The minimum atomic E-state index is -0.780. The first-order valence-corrected chi connectivity index (χ1v) is 8.51. The maximum absolute atomic E-state index is 12.0. The summed E-state index contributed by atoms with van der Waals surface area (Å²) in [5.41, 5.74) is 0.162. The zero-order valence-corrected chi connectivity index (χ0v) is 14.8. The Bertz CT molecular complexity index is 908. The van der Waals surface area contributed by atoms with Crippen molar-refractivity contribution in [3.8, 4) is 11.5 Å². The third kappa shape index (κ3) is 4.63. The van der Waals surface area contributed by atoms with Crippen LogP contribution in [0, 0.1) is 0 Å². The molecule has 0 saturated heterocycles. The van der Waals surface area contributed by atoms with Crippen LogP contribution in [0.4, 0.5) is 5.69 Å². The van der Waals surface area contributed by atoms with E-state index in [1.54, 1.807) is 18.2 Å². The van der Waals surface area contributed by atoms with Crippen molar-refractivity contribution in [2.24, 2.45) is 0 Å². The molecule has 9 nitrogen and oxygen atoms in total. The summed E-state index contributed by atoms with van der Waals surface area (Å²) in [5, 5.41) is 6.55. The molecule has 0 bridgehead atoms. The number of rotatable bonds is 6. The van der Waals surface area contributed by atoms with Gasteiger partial charge >= 0.3 is 5.97 Å². The van der Waals surface area contributed by atoms with Gasteiger partial charge < -0.3 is 19.5 Å². The molecule has 0 fully saturated rings. The Kier molecular flexibility index (Phi) is 5.70. The zero-order chi connectivity index (χ0) is 19.2. The minimum Gasteiger partial charge on any atom is -0.486 e. The van der Waals surface area contributed by atoms with E-state index in [0.29, 0.717) is 43.4 Å². The first-order chi connectivity index (χ1) is 13.1. The summed E-state index contributed by atoms with van der Waals surface area (Å²) in [6.45, 7) is 2.72. The molecule has 0 spiro atoms. The average molecular weight is 373 g/mol. The number of carbonyl (C=O) groups excluding carboxylic acids is 2. The summed E-state index contributed by atoms with van der Waals surface area (Å²) in [6.07, 6.45) is 0.698. The lowest BCUT2D eigenvalue weighted by Gasteiger charge is -2.19. The number of nitrogens with one attached hydrogen (secondary N) is 1. The van der Waals surface area contributed by atoms with Crippen molar-refractivity contribution in [1.82, 2.24) is 9.78 Å². The predicted octanol–water partition coefficient (Wildman–Crippen LogP) is 1.22. The van der Waals surface area contributed by atoms with Crippen LogP contribution in [0.5, 0.6) is 11.5 Å². The fourth-order valence-corrected chi connectivity index (χ4v) is 2.45. The minimum absolute atomic E-state index is 0.0322. The Morgan fingerprint density at radius 2 is 1.96 bits per heavy atom. The fourth-order valence-electron chi connectivity index (χ4n) is 2.45. The van der Waals surface area contributed by atoms with Gasteiger partial charge in [-0.3, -0.25) is 9.59 Å². The van der Waals surface area contributed by atoms with Crippen LogP contribution < -0.4 is 20.3 Å². The fraction of sp³-hybridized carbons (Fsp3) is 0.333. The van der Waals surface area contributed by atoms with E-state index in [9.17, 15) is 14.4 Å². The molecule has 142 valence electrons. The molecule has 0 saturated carbocycles. The van der Waals surface area contributed by atoms with Gasteiger partial charge in [-0.25, -0.2) is 9.48 Å². The molecule has 0 unspecified atom stereocenters. The number of nitrogens with zero attached hydrogens (tertiary/aromatic N) is 2. The topological polar surface area (TPSA) is 109 Å². The number of hydrogen-bond acceptors (Lipinski definition) is 7. The molecule has 2 aromatic rings. The van der Waals surface area contributed by atoms with Gasteiger partial charge in [0.05, 0.1) is 0 Å².